The highest BCUT2D eigenvalue weighted by atomic mass is 32.2. The van der Waals surface area contributed by atoms with Gasteiger partial charge in [-0.3, -0.25) is 0 Å². The molecule has 0 aromatic carbocycles. The van der Waals surface area contributed by atoms with E-state index in [1.165, 1.54) is 6.08 Å². The Hall–Kier alpha value is -0.390. The van der Waals surface area contributed by atoms with Crippen LogP contribution in [0, 0.1) is 0 Å². The Morgan fingerprint density at radius 2 is 2.17 bits per heavy atom. The van der Waals surface area contributed by atoms with Crippen LogP contribution in [0.3, 0.4) is 0 Å². The lowest BCUT2D eigenvalue weighted by molar-refractivity contribution is 0.246. The van der Waals surface area contributed by atoms with Crippen LogP contribution in [0.5, 0.6) is 0 Å². The van der Waals surface area contributed by atoms with E-state index in [1.807, 2.05) is 0 Å². The maximum Gasteiger partial charge on any atom is 0.215 e. The molecule has 0 aromatic rings. The summed E-state index contributed by atoms with van der Waals surface area (Å²) in [6.07, 6.45) is 2.77. The van der Waals surface area contributed by atoms with Gasteiger partial charge in [0.25, 0.3) is 0 Å². The van der Waals surface area contributed by atoms with Crippen molar-refractivity contribution in [3.63, 3.8) is 0 Å². The van der Waals surface area contributed by atoms with Crippen molar-refractivity contribution >= 4 is 10.0 Å². The highest BCUT2D eigenvalue weighted by Crippen LogP contribution is 2.35. The Kier molecular flexibility index (Phi) is 2.55. The summed E-state index contributed by atoms with van der Waals surface area (Å²) in [4.78, 5) is 0. The topological polar surface area (TPSA) is 66.4 Å². The van der Waals surface area contributed by atoms with Crippen molar-refractivity contribution in [1.29, 1.82) is 0 Å². The van der Waals surface area contributed by atoms with Gasteiger partial charge in [0.2, 0.25) is 10.0 Å². The summed E-state index contributed by atoms with van der Waals surface area (Å²) in [5, 5.41) is 8.84. The monoisotopic (exact) mass is 191 g/mol. The van der Waals surface area contributed by atoms with Gasteiger partial charge in [-0.2, -0.15) is 0 Å². The zero-order valence-corrected chi connectivity index (χ0v) is 7.60. The van der Waals surface area contributed by atoms with Gasteiger partial charge in [-0.25, -0.2) is 13.1 Å². The number of hydrogen-bond donors (Lipinski definition) is 2. The van der Waals surface area contributed by atoms with E-state index in [4.69, 9.17) is 5.11 Å². The van der Waals surface area contributed by atoms with Crippen LogP contribution in [0.1, 0.15) is 12.8 Å². The second kappa shape index (κ2) is 3.16. The van der Waals surface area contributed by atoms with Gasteiger partial charge in [-0.15, -0.1) is 6.58 Å². The number of aliphatic hydroxyl groups is 1. The Balaban J connectivity index is 2.55. The number of aliphatic hydroxyl groups excluding tert-OH is 1. The summed E-state index contributed by atoms with van der Waals surface area (Å²) in [5.41, 5.74) is -0.554. The molecule has 1 fully saturated rings. The number of rotatable bonds is 5. The standard InChI is InChI=1S/C7H13NO3S/c1-2-5-12(10,11)8-7(6-9)3-4-7/h2,8-9H,1,3-6H2. The van der Waals surface area contributed by atoms with E-state index in [-0.39, 0.29) is 12.4 Å². The minimum absolute atomic E-state index is 0.0885. The van der Waals surface area contributed by atoms with Gasteiger partial charge in [-0.05, 0) is 12.8 Å². The molecule has 0 amide bonds. The first-order valence-electron chi connectivity index (χ1n) is 3.77. The van der Waals surface area contributed by atoms with Gasteiger partial charge in [0.15, 0.2) is 0 Å². The van der Waals surface area contributed by atoms with Crippen LogP contribution in [-0.4, -0.2) is 31.4 Å². The fraction of sp³-hybridized carbons (Fsp3) is 0.714. The largest absolute Gasteiger partial charge is 0.394 e. The molecule has 1 saturated carbocycles. The Labute approximate surface area is 72.3 Å². The Morgan fingerprint density at radius 3 is 2.50 bits per heavy atom. The molecule has 0 atom stereocenters. The molecular formula is C7H13NO3S. The van der Waals surface area contributed by atoms with E-state index in [0.29, 0.717) is 0 Å². The molecule has 12 heavy (non-hydrogen) atoms. The first-order valence-corrected chi connectivity index (χ1v) is 5.42. The van der Waals surface area contributed by atoms with Crippen LogP contribution in [-0.2, 0) is 10.0 Å². The minimum atomic E-state index is -3.27. The van der Waals surface area contributed by atoms with Crippen LogP contribution in [0.25, 0.3) is 0 Å². The van der Waals surface area contributed by atoms with Crippen LogP contribution >= 0.6 is 0 Å². The average Bonchev–Trinajstić information content (AvgIpc) is 2.68. The summed E-state index contributed by atoms with van der Waals surface area (Å²) in [6.45, 7) is 3.22. The molecule has 0 aliphatic heterocycles. The van der Waals surface area contributed by atoms with E-state index in [0.717, 1.165) is 12.8 Å². The van der Waals surface area contributed by atoms with Crippen LogP contribution in [0.4, 0.5) is 0 Å². The molecule has 4 nitrogen and oxygen atoms in total. The van der Waals surface area contributed by atoms with Gasteiger partial charge in [0.1, 0.15) is 0 Å². The molecule has 2 N–H and O–H groups in total. The predicted molar refractivity (Wildman–Crippen MR) is 46.2 cm³/mol. The second-order valence-corrected chi connectivity index (χ2v) is 4.88. The summed E-state index contributed by atoms with van der Waals surface area (Å²) >= 11 is 0. The third-order valence-corrected chi connectivity index (χ3v) is 3.28. The zero-order chi connectivity index (χ0) is 9.24. The Morgan fingerprint density at radius 1 is 1.58 bits per heavy atom. The quantitative estimate of drug-likeness (QED) is 0.582. The van der Waals surface area contributed by atoms with Crippen LogP contribution in [0.2, 0.25) is 0 Å². The summed E-state index contributed by atoms with van der Waals surface area (Å²) in [6, 6.07) is 0. The average molecular weight is 191 g/mol. The molecule has 5 heteroatoms. The third-order valence-electron chi connectivity index (χ3n) is 1.87. The SMILES string of the molecule is C=CCS(=O)(=O)NC1(CO)CC1. The van der Waals surface area contributed by atoms with Crippen molar-refractivity contribution < 1.29 is 13.5 Å². The van der Waals surface area contributed by atoms with Crippen LogP contribution < -0.4 is 4.72 Å². The molecule has 0 radical (unpaired) electrons. The Bertz CT molecular complexity index is 266. The first-order chi connectivity index (χ1) is 5.54. The highest BCUT2D eigenvalue weighted by molar-refractivity contribution is 7.89. The second-order valence-electron chi connectivity index (χ2n) is 3.11. The van der Waals surface area contributed by atoms with Gasteiger partial charge in [0, 0.05) is 0 Å². The molecule has 1 rings (SSSR count). The van der Waals surface area contributed by atoms with Crippen molar-refractivity contribution in [2.24, 2.45) is 0 Å². The highest BCUT2D eigenvalue weighted by Gasteiger charge is 2.44. The van der Waals surface area contributed by atoms with E-state index in [2.05, 4.69) is 11.3 Å². The number of nitrogens with one attached hydrogen (secondary N) is 1. The molecule has 0 spiro atoms. The lowest BCUT2D eigenvalue weighted by Crippen LogP contribution is -2.40. The molecule has 0 saturated heterocycles. The smallest absolute Gasteiger partial charge is 0.215 e. The predicted octanol–water partition coefficient (Wildman–Crippen LogP) is -0.383. The summed E-state index contributed by atoms with van der Waals surface area (Å²) < 4.78 is 24.7. The molecule has 0 bridgehead atoms. The van der Waals surface area contributed by atoms with Gasteiger partial charge < -0.3 is 5.11 Å². The molecule has 1 aliphatic carbocycles. The normalized spacial score (nSPS) is 20.4. The molecule has 1 aliphatic rings. The fourth-order valence-corrected chi connectivity index (χ4v) is 2.29. The van der Waals surface area contributed by atoms with Gasteiger partial charge >= 0.3 is 0 Å². The van der Waals surface area contributed by atoms with Crippen molar-refractivity contribution in [3.8, 4) is 0 Å². The van der Waals surface area contributed by atoms with Gasteiger partial charge in [0.05, 0.1) is 17.9 Å². The van der Waals surface area contributed by atoms with Crippen molar-refractivity contribution in [1.82, 2.24) is 4.72 Å². The maximum absolute atomic E-state index is 11.2. The molecule has 0 heterocycles. The molecule has 70 valence electrons. The van der Waals surface area contributed by atoms with E-state index >= 15 is 0 Å². The van der Waals surface area contributed by atoms with Gasteiger partial charge in [-0.1, -0.05) is 6.08 Å². The lowest BCUT2D eigenvalue weighted by Gasteiger charge is -2.12. The van der Waals surface area contributed by atoms with Crippen molar-refractivity contribution in [2.45, 2.75) is 18.4 Å². The maximum atomic E-state index is 11.2. The van der Waals surface area contributed by atoms with Crippen LogP contribution in [0.15, 0.2) is 12.7 Å². The number of sulfonamides is 1. The lowest BCUT2D eigenvalue weighted by atomic mass is 10.3. The number of hydrogen-bond acceptors (Lipinski definition) is 3. The van der Waals surface area contributed by atoms with E-state index in [9.17, 15) is 8.42 Å². The molecule has 0 aromatic heterocycles. The summed E-state index contributed by atoms with van der Waals surface area (Å²) in [5.74, 6) is -0.0885. The van der Waals surface area contributed by atoms with E-state index in [1.54, 1.807) is 0 Å². The zero-order valence-electron chi connectivity index (χ0n) is 6.78. The summed E-state index contributed by atoms with van der Waals surface area (Å²) in [7, 11) is -3.27. The first kappa shape index (κ1) is 9.70. The minimum Gasteiger partial charge on any atom is -0.394 e. The fourth-order valence-electron chi connectivity index (χ4n) is 0.970. The van der Waals surface area contributed by atoms with Crippen molar-refractivity contribution in [2.75, 3.05) is 12.4 Å². The molecular weight excluding hydrogens is 178 g/mol. The third kappa shape index (κ3) is 2.30. The molecule has 0 unspecified atom stereocenters. The van der Waals surface area contributed by atoms with E-state index < -0.39 is 15.6 Å². The van der Waals surface area contributed by atoms with Crippen molar-refractivity contribution in [3.05, 3.63) is 12.7 Å².